The van der Waals surface area contributed by atoms with E-state index in [1.165, 1.54) is 13.8 Å². The lowest BCUT2D eigenvalue weighted by atomic mass is 9.88. The highest BCUT2D eigenvalue weighted by Gasteiger charge is 2.24. The monoisotopic (exact) mass is 306 g/mol. The van der Waals surface area contributed by atoms with Crippen molar-refractivity contribution in [1.82, 2.24) is 0 Å². The standard InChI is InChI=1S/C6H14O3.2C4H6O2/c1-2-6(3-7,4-8)5-9;2*1-3(2)4(5)6/h7-9H,2-5H2,1H3;2*1H2,2H3,(H,5,6). The third-order valence-corrected chi connectivity index (χ3v) is 2.49. The molecule has 7 nitrogen and oxygen atoms in total. The number of carboxylic acids is 2. The van der Waals surface area contributed by atoms with Gasteiger partial charge in [0.15, 0.2) is 0 Å². The van der Waals surface area contributed by atoms with Crippen LogP contribution >= 0.6 is 0 Å². The second kappa shape index (κ2) is 13.3. The molecule has 0 bridgehead atoms. The Morgan fingerprint density at radius 2 is 1.05 bits per heavy atom. The summed E-state index contributed by atoms with van der Waals surface area (Å²) >= 11 is 0. The summed E-state index contributed by atoms with van der Waals surface area (Å²) in [6, 6.07) is 0. The van der Waals surface area contributed by atoms with Gasteiger partial charge in [0.05, 0.1) is 19.8 Å². The van der Waals surface area contributed by atoms with E-state index in [1.54, 1.807) is 0 Å². The molecule has 0 amide bonds. The summed E-state index contributed by atoms with van der Waals surface area (Å²) in [6.07, 6.45) is 0.594. The molecule has 0 aromatic heterocycles. The Morgan fingerprint density at radius 1 is 0.857 bits per heavy atom. The molecule has 0 atom stereocenters. The molecular weight excluding hydrogens is 280 g/mol. The molecule has 21 heavy (non-hydrogen) atoms. The van der Waals surface area contributed by atoms with E-state index >= 15 is 0 Å². The zero-order valence-corrected chi connectivity index (χ0v) is 12.8. The van der Waals surface area contributed by atoms with Crippen LogP contribution in [0.25, 0.3) is 0 Å². The topological polar surface area (TPSA) is 135 Å². The Balaban J connectivity index is -0.000000240. The first-order valence-corrected chi connectivity index (χ1v) is 6.13. The molecule has 0 saturated carbocycles. The lowest BCUT2D eigenvalue weighted by molar-refractivity contribution is -0.133. The van der Waals surface area contributed by atoms with Crippen molar-refractivity contribution in [2.75, 3.05) is 19.8 Å². The Kier molecular flexibility index (Phi) is 15.4. The van der Waals surface area contributed by atoms with Gasteiger partial charge in [-0.15, -0.1) is 0 Å². The summed E-state index contributed by atoms with van der Waals surface area (Å²) in [5.74, 6) is -1.87. The first-order chi connectivity index (χ1) is 9.53. The lowest BCUT2D eigenvalue weighted by Crippen LogP contribution is -2.32. The summed E-state index contributed by atoms with van der Waals surface area (Å²) in [6.45, 7) is 10.6. The van der Waals surface area contributed by atoms with Crippen molar-refractivity contribution >= 4 is 11.9 Å². The second-order valence-electron chi connectivity index (χ2n) is 4.50. The van der Waals surface area contributed by atoms with Crippen molar-refractivity contribution in [3.63, 3.8) is 0 Å². The molecule has 0 aliphatic rings. The molecule has 0 rings (SSSR count). The second-order valence-corrected chi connectivity index (χ2v) is 4.50. The van der Waals surface area contributed by atoms with Crippen LogP contribution in [0.4, 0.5) is 0 Å². The molecular formula is C14H26O7. The van der Waals surface area contributed by atoms with Gasteiger partial charge in [0.1, 0.15) is 0 Å². The fraction of sp³-hybridized carbons (Fsp3) is 0.571. The van der Waals surface area contributed by atoms with Gasteiger partial charge in [-0.1, -0.05) is 20.1 Å². The molecule has 0 spiro atoms. The normalized spacial score (nSPS) is 9.43. The zero-order valence-electron chi connectivity index (χ0n) is 12.8. The van der Waals surface area contributed by atoms with Gasteiger partial charge in [0.2, 0.25) is 0 Å². The number of rotatable bonds is 6. The average molecular weight is 306 g/mol. The van der Waals surface area contributed by atoms with E-state index in [9.17, 15) is 9.59 Å². The molecule has 0 aliphatic carbocycles. The molecule has 0 heterocycles. The quantitative estimate of drug-likeness (QED) is 0.455. The highest BCUT2D eigenvalue weighted by atomic mass is 16.4. The van der Waals surface area contributed by atoms with Crippen LogP contribution in [0.2, 0.25) is 0 Å². The van der Waals surface area contributed by atoms with E-state index in [0.717, 1.165) is 0 Å². The van der Waals surface area contributed by atoms with Crippen molar-refractivity contribution in [3.8, 4) is 0 Å². The number of carboxylic acid groups (broad SMARTS) is 2. The van der Waals surface area contributed by atoms with Gasteiger partial charge in [-0.25, -0.2) is 9.59 Å². The average Bonchev–Trinajstić information content (AvgIpc) is 2.43. The van der Waals surface area contributed by atoms with E-state index in [-0.39, 0.29) is 31.0 Å². The highest BCUT2D eigenvalue weighted by molar-refractivity contribution is 5.85. The van der Waals surface area contributed by atoms with E-state index in [0.29, 0.717) is 6.42 Å². The molecule has 124 valence electrons. The number of aliphatic carboxylic acids is 2. The van der Waals surface area contributed by atoms with Crippen LogP contribution in [0, 0.1) is 5.41 Å². The third kappa shape index (κ3) is 14.5. The minimum Gasteiger partial charge on any atom is -0.478 e. The summed E-state index contributed by atoms with van der Waals surface area (Å²) < 4.78 is 0. The largest absolute Gasteiger partial charge is 0.478 e. The molecule has 0 radical (unpaired) electrons. The molecule has 0 aromatic rings. The fourth-order valence-electron chi connectivity index (χ4n) is 0.485. The molecule has 5 N–H and O–H groups in total. The van der Waals surface area contributed by atoms with Gasteiger partial charge in [-0.3, -0.25) is 0 Å². The van der Waals surface area contributed by atoms with E-state index in [1.807, 2.05) is 6.92 Å². The van der Waals surface area contributed by atoms with Gasteiger partial charge < -0.3 is 25.5 Å². The van der Waals surface area contributed by atoms with Crippen LogP contribution in [-0.4, -0.2) is 57.3 Å². The number of hydrogen-bond donors (Lipinski definition) is 5. The maximum atomic E-state index is 9.60. The molecule has 0 aliphatic heterocycles. The minimum atomic E-state index is -0.935. The fourth-order valence-corrected chi connectivity index (χ4v) is 0.485. The van der Waals surface area contributed by atoms with Crippen LogP contribution < -0.4 is 0 Å². The van der Waals surface area contributed by atoms with E-state index in [2.05, 4.69) is 13.2 Å². The van der Waals surface area contributed by atoms with Crippen LogP contribution in [0.3, 0.4) is 0 Å². The maximum absolute atomic E-state index is 9.60. The summed E-state index contributed by atoms with van der Waals surface area (Å²) in [4.78, 5) is 19.2. The molecule has 7 heteroatoms. The minimum absolute atomic E-state index is 0.156. The highest BCUT2D eigenvalue weighted by Crippen LogP contribution is 2.18. The Labute approximate surface area is 124 Å². The molecule has 0 unspecified atom stereocenters. The smallest absolute Gasteiger partial charge is 0.330 e. The summed E-state index contributed by atoms with van der Waals surface area (Å²) in [5.41, 5.74) is -0.315. The van der Waals surface area contributed by atoms with Gasteiger partial charge >= 0.3 is 11.9 Å². The van der Waals surface area contributed by atoms with E-state index in [4.69, 9.17) is 25.5 Å². The van der Waals surface area contributed by atoms with Crippen molar-refractivity contribution in [3.05, 3.63) is 24.3 Å². The van der Waals surface area contributed by atoms with Gasteiger partial charge in [-0.2, -0.15) is 0 Å². The molecule has 0 fully saturated rings. The van der Waals surface area contributed by atoms with Crippen molar-refractivity contribution in [1.29, 1.82) is 0 Å². The lowest BCUT2D eigenvalue weighted by Gasteiger charge is -2.24. The summed E-state index contributed by atoms with van der Waals surface area (Å²) in [7, 11) is 0. The number of aliphatic hydroxyl groups excluding tert-OH is 3. The van der Waals surface area contributed by atoms with Crippen LogP contribution in [-0.2, 0) is 9.59 Å². The maximum Gasteiger partial charge on any atom is 0.330 e. The number of hydrogen-bond acceptors (Lipinski definition) is 5. The predicted molar refractivity (Wildman–Crippen MR) is 78.9 cm³/mol. The first-order valence-electron chi connectivity index (χ1n) is 6.13. The molecule has 0 saturated heterocycles. The predicted octanol–water partition coefficient (Wildman–Crippen LogP) is 0.654. The van der Waals surface area contributed by atoms with Gasteiger partial charge in [-0.05, 0) is 20.3 Å². The van der Waals surface area contributed by atoms with Crippen LogP contribution in [0.1, 0.15) is 27.2 Å². The molecule has 0 aromatic carbocycles. The number of carbonyl (C=O) groups is 2. The van der Waals surface area contributed by atoms with Crippen molar-refractivity contribution < 1.29 is 35.1 Å². The van der Waals surface area contributed by atoms with E-state index < -0.39 is 17.4 Å². The van der Waals surface area contributed by atoms with Crippen molar-refractivity contribution in [2.45, 2.75) is 27.2 Å². The summed E-state index contributed by atoms with van der Waals surface area (Å²) in [5, 5.41) is 41.8. The Morgan fingerprint density at radius 3 is 1.05 bits per heavy atom. The SMILES string of the molecule is C=C(C)C(=O)O.C=C(C)C(=O)O.CCC(CO)(CO)CO. The third-order valence-electron chi connectivity index (χ3n) is 2.49. The Hall–Kier alpha value is -1.70. The van der Waals surface area contributed by atoms with Crippen LogP contribution in [0.15, 0.2) is 24.3 Å². The van der Waals surface area contributed by atoms with Gasteiger partial charge in [0, 0.05) is 16.6 Å². The zero-order chi connectivity index (χ0) is 17.6. The van der Waals surface area contributed by atoms with Gasteiger partial charge in [0.25, 0.3) is 0 Å². The Bertz CT molecular complexity index is 278. The van der Waals surface area contributed by atoms with Crippen molar-refractivity contribution in [2.24, 2.45) is 5.41 Å². The first kappa shape index (κ1) is 24.3. The van der Waals surface area contributed by atoms with Crippen LogP contribution in [0.5, 0.6) is 0 Å². The number of aliphatic hydroxyl groups is 3.